The van der Waals surface area contributed by atoms with Crippen molar-refractivity contribution in [3.05, 3.63) is 22.3 Å². The third-order valence-corrected chi connectivity index (χ3v) is 8.87. The predicted octanol–water partition coefficient (Wildman–Crippen LogP) is 9.77. The molecule has 1 N–H and O–H groups in total. The molecule has 218 valence electrons. The first-order valence-electron chi connectivity index (χ1n) is 15.6. The zero-order chi connectivity index (χ0) is 28.3. The highest BCUT2D eigenvalue weighted by Crippen LogP contribution is 2.45. The highest BCUT2D eigenvalue weighted by Gasteiger charge is 2.34. The van der Waals surface area contributed by atoms with Gasteiger partial charge in [0.15, 0.2) is 0 Å². The number of hydrogen-bond acceptors (Lipinski definition) is 3. The second-order valence-electron chi connectivity index (χ2n) is 13.1. The Morgan fingerprint density at radius 2 is 1.47 bits per heavy atom. The van der Waals surface area contributed by atoms with Crippen molar-refractivity contribution >= 4 is 5.97 Å². The van der Waals surface area contributed by atoms with Gasteiger partial charge in [-0.2, -0.15) is 0 Å². The van der Waals surface area contributed by atoms with Gasteiger partial charge in [0.05, 0.1) is 6.61 Å². The molecular formula is C34H58O4. The fourth-order valence-corrected chi connectivity index (χ4v) is 6.03. The molecule has 4 nitrogen and oxygen atoms in total. The number of carboxylic acid groups (broad SMARTS) is 1. The zero-order valence-electron chi connectivity index (χ0n) is 26.0. The average Bonchev–Trinajstić information content (AvgIpc) is 2.83. The quantitative estimate of drug-likeness (QED) is 0.192. The lowest BCUT2D eigenvalue weighted by atomic mass is 9.83. The van der Waals surface area contributed by atoms with E-state index < -0.39 is 5.97 Å². The van der Waals surface area contributed by atoms with Crippen LogP contribution >= 0.6 is 0 Å². The van der Waals surface area contributed by atoms with E-state index in [-0.39, 0.29) is 12.0 Å². The van der Waals surface area contributed by atoms with Crippen molar-refractivity contribution in [1.82, 2.24) is 0 Å². The first kappa shape index (κ1) is 32.5. The molecule has 0 spiro atoms. The van der Waals surface area contributed by atoms with Crippen molar-refractivity contribution in [2.24, 2.45) is 17.8 Å². The summed E-state index contributed by atoms with van der Waals surface area (Å²) in [5.41, 5.74) is 4.72. The molecule has 0 radical (unpaired) electrons. The summed E-state index contributed by atoms with van der Waals surface area (Å²) in [6.45, 7) is 18.8. The fraction of sp³-hybridized carbons (Fsp3) is 0.794. The fourth-order valence-electron chi connectivity index (χ4n) is 6.03. The average molecular weight is 531 g/mol. The molecule has 1 aromatic carbocycles. The molecule has 3 atom stereocenters. The van der Waals surface area contributed by atoms with E-state index in [9.17, 15) is 4.79 Å². The van der Waals surface area contributed by atoms with Crippen LogP contribution in [0.2, 0.25) is 0 Å². The molecule has 0 fully saturated rings. The summed E-state index contributed by atoms with van der Waals surface area (Å²) < 4.78 is 12.9. The molecular weight excluding hydrogens is 472 g/mol. The molecule has 0 aliphatic carbocycles. The van der Waals surface area contributed by atoms with Crippen LogP contribution in [0.4, 0.5) is 0 Å². The Balaban J connectivity index is 1.82. The molecule has 1 aromatic rings. The van der Waals surface area contributed by atoms with E-state index in [0.717, 1.165) is 60.5 Å². The Labute approximate surface area is 234 Å². The lowest BCUT2D eigenvalue weighted by Gasteiger charge is -2.38. The van der Waals surface area contributed by atoms with Gasteiger partial charge in [0, 0.05) is 12.0 Å². The van der Waals surface area contributed by atoms with Crippen LogP contribution in [0.1, 0.15) is 140 Å². The third-order valence-electron chi connectivity index (χ3n) is 8.87. The van der Waals surface area contributed by atoms with Gasteiger partial charge in [0.1, 0.15) is 17.1 Å². The highest BCUT2D eigenvalue weighted by molar-refractivity contribution is 5.66. The van der Waals surface area contributed by atoms with Crippen molar-refractivity contribution in [3.8, 4) is 11.5 Å². The van der Waals surface area contributed by atoms with Gasteiger partial charge < -0.3 is 14.6 Å². The topological polar surface area (TPSA) is 55.8 Å². The number of benzene rings is 1. The Kier molecular flexibility index (Phi) is 13.5. The van der Waals surface area contributed by atoms with E-state index in [1.54, 1.807) is 0 Å². The Morgan fingerprint density at radius 3 is 2.08 bits per heavy atom. The Hall–Kier alpha value is -1.71. The number of carboxylic acids is 1. The molecule has 0 bridgehead atoms. The Bertz CT molecular complexity index is 874. The molecule has 1 heterocycles. The maximum absolute atomic E-state index is 10.8. The van der Waals surface area contributed by atoms with Crippen molar-refractivity contribution in [3.63, 3.8) is 0 Å². The highest BCUT2D eigenvalue weighted by atomic mass is 16.5. The van der Waals surface area contributed by atoms with E-state index in [1.807, 2.05) is 0 Å². The van der Waals surface area contributed by atoms with Crippen LogP contribution in [0, 0.1) is 38.5 Å². The monoisotopic (exact) mass is 530 g/mol. The molecule has 0 unspecified atom stereocenters. The summed E-state index contributed by atoms with van der Waals surface area (Å²) in [6.07, 6.45) is 15.6. The maximum atomic E-state index is 10.8. The standard InChI is InChI=1S/C34H58O4/c1-24(2)14-11-15-25(3)16-12-17-26(4)18-13-21-34(8)22-20-30-29(7)32(27(5)28(6)33(30)38-34)37-23-10-9-19-31(35)36/h24-26H,9-23H2,1-8H3,(H,35,36)/t25-,26-,34-/m1/s1. The SMILES string of the molecule is Cc1c(C)c2c(c(C)c1OCCCCC(=O)O)CC[C@@](C)(CCC[C@H](C)CCC[C@H](C)CCCC(C)C)O2. The molecule has 1 aliphatic rings. The molecule has 0 saturated carbocycles. The second-order valence-corrected chi connectivity index (χ2v) is 13.1. The maximum Gasteiger partial charge on any atom is 0.303 e. The van der Waals surface area contributed by atoms with E-state index in [0.29, 0.717) is 13.0 Å². The minimum Gasteiger partial charge on any atom is -0.493 e. The van der Waals surface area contributed by atoms with E-state index >= 15 is 0 Å². The summed E-state index contributed by atoms with van der Waals surface area (Å²) >= 11 is 0. The number of carbonyl (C=O) groups is 1. The lowest BCUT2D eigenvalue weighted by Crippen LogP contribution is -2.37. The summed E-state index contributed by atoms with van der Waals surface area (Å²) in [6, 6.07) is 0. The lowest BCUT2D eigenvalue weighted by molar-refractivity contribution is -0.137. The smallest absolute Gasteiger partial charge is 0.303 e. The zero-order valence-corrected chi connectivity index (χ0v) is 26.0. The van der Waals surface area contributed by atoms with Gasteiger partial charge in [-0.1, -0.05) is 72.6 Å². The van der Waals surface area contributed by atoms with Gasteiger partial charge in [-0.3, -0.25) is 4.79 Å². The van der Waals surface area contributed by atoms with Crippen LogP contribution in [0.5, 0.6) is 11.5 Å². The van der Waals surface area contributed by atoms with Crippen molar-refractivity contribution in [2.45, 2.75) is 151 Å². The first-order chi connectivity index (χ1) is 17.9. The van der Waals surface area contributed by atoms with Gasteiger partial charge in [-0.15, -0.1) is 0 Å². The van der Waals surface area contributed by atoms with Crippen molar-refractivity contribution in [1.29, 1.82) is 0 Å². The number of hydrogen-bond donors (Lipinski definition) is 1. The van der Waals surface area contributed by atoms with Gasteiger partial charge in [0.2, 0.25) is 0 Å². The van der Waals surface area contributed by atoms with Gasteiger partial charge in [-0.05, 0) is 101 Å². The van der Waals surface area contributed by atoms with Crippen LogP contribution in [-0.2, 0) is 11.2 Å². The van der Waals surface area contributed by atoms with Crippen LogP contribution in [-0.4, -0.2) is 23.3 Å². The third kappa shape index (κ3) is 10.5. The largest absolute Gasteiger partial charge is 0.493 e. The summed E-state index contributed by atoms with van der Waals surface area (Å²) in [7, 11) is 0. The minimum atomic E-state index is -0.742. The van der Waals surface area contributed by atoms with Crippen molar-refractivity contribution in [2.75, 3.05) is 6.61 Å². The number of rotatable bonds is 18. The van der Waals surface area contributed by atoms with E-state index in [2.05, 4.69) is 55.4 Å². The molecule has 2 rings (SSSR count). The molecule has 0 aromatic heterocycles. The predicted molar refractivity (Wildman–Crippen MR) is 160 cm³/mol. The molecule has 38 heavy (non-hydrogen) atoms. The van der Waals surface area contributed by atoms with Gasteiger partial charge in [-0.25, -0.2) is 0 Å². The van der Waals surface area contributed by atoms with Crippen LogP contribution in [0.25, 0.3) is 0 Å². The van der Waals surface area contributed by atoms with Gasteiger partial charge >= 0.3 is 5.97 Å². The Morgan fingerprint density at radius 1 is 0.868 bits per heavy atom. The number of ether oxygens (including phenoxy) is 2. The van der Waals surface area contributed by atoms with Crippen LogP contribution in [0.15, 0.2) is 0 Å². The molecule has 0 saturated heterocycles. The number of unbranched alkanes of at least 4 members (excludes halogenated alkanes) is 1. The van der Waals surface area contributed by atoms with E-state index in [1.165, 1.54) is 68.1 Å². The summed E-state index contributed by atoms with van der Waals surface area (Å²) in [5.74, 6) is 3.79. The van der Waals surface area contributed by atoms with E-state index in [4.69, 9.17) is 14.6 Å². The second kappa shape index (κ2) is 15.8. The summed E-state index contributed by atoms with van der Waals surface area (Å²) in [5, 5.41) is 8.84. The molecule has 4 heteroatoms. The number of aliphatic carboxylic acids is 1. The minimum absolute atomic E-state index is 0.0967. The number of fused-ring (bicyclic) bond motifs is 1. The summed E-state index contributed by atoms with van der Waals surface area (Å²) in [4.78, 5) is 10.8. The first-order valence-corrected chi connectivity index (χ1v) is 15.6. The molecule has 0 amide bonds. The normalized spacial score (nSPS) is 18.7. The van der Waals surface area contributed by atoms with Crippen LogP contribution in [0.3, 0.4) is 0 Å². The van der Waals surface area contributed by atoms with Gasteiger partial charge in [0.25, 0.3) is 0 Å². The van der Waals surface area contributed by atoms with Crippen LogP contribution < -0.4 is 9.47 Å². The molecule has 1 aliphatic heterocycles. The van der Waals surface area contributed by atoms with Crippen molar-refractivity contribution < 1.29 is 19.4 Å².